The molecule has 2 aliphatic heterocycles. The standard InChI is InChI=1S/C14H22N4/c1-3-4-13-5-14(16-10-15-13)18-8-11-6-17(2)7-12(11)9-18/h5,10-12H,3-4,6-9H2,1-2H3/t11-,12+. The van der Waals surface area contributed by atoms with Crippen molar-refractivity contribution < 1.29 is 0 Å². The van der Waals surface area contributed by atoms with E-state index in [0.717, 1.165) is 43.6 Å². The van der Waals surface area contributed by atoms with E-state index < -0.39 is 0 Å². The molecule has 0 aliphatic carbocycles. The van der Waals surface area contributed by atoms with Crippen LogP contribution in [-0.4, -0.2) is 48.1 Å². The third-order valence-electron chi connectivity index (χ3n) is 4.21. The van der Waals surface area contributed by atoms with Gasteiger partial charge in [-0.05, 0) is 25.3 Å². The van der Waals surface area contributed by atoms with Crippen molar-refractivity contribution in [2.75, 3.05) is 38.1 Å². The Balaban J connectivity index is 1.71. The van der Waals surface area contributed by atoms with Crippen molar-refractivity contribution in [1.29, 1.82) is 0 Å². The summed E-state index contributed by atoms with van der Waals surface area (Å²) in [5, 5.41) is 0. The molecule has 0 amide bonds. The topological polar surface area (TPSA) is 32.3 Å². The second-order valence-electron chi connectivity index (χ2n) is 5.76. The normalized spacial score (nSPS) is 27.8. The summed E-state index contributed by atoms with van der Waals surface area (Å²) >= 11 is 0. The zero-order valence-corrected chi connectivity index (χ0v) is 11.3. The van der Waals surface area contributed by atoms with Crippen LogP contribution in [0.25, 0.3) is 0 Å². The summed E-state index contributed by atoms with van der Waals surface area (Å²) < 4.78 is 0. The highest BCUT2D eigenvalue weighted by Gasteiger charge is 2.39. The number of aromatic nitrogens is 2. The fraction of sp³-hybridized carbons (Fsp3) is 0.714. The van der Waals surface area contributed by atoms with Crippen LogP contribution in [0.15, 0.2) is 12.4 Å². The van der Waals surface area contributed by atoms with Gasteiger partial charge in [-0.15, -0.1) is 0 Å². The minimum absolute atomic E-state index is 0.833. The second-order valence-corrected chi connectivity index (χ2v) is 5.76. The molecule has 18 heavy (non-hydrogen) atoms. The number of nitrogens with zero attached hydrogens (tertiary/aromatic N) is 4. The highest BCUT2D eigenvalue weighted by Crippen LogP contribution is 2.32. The van der Waals surface area contributed by atoms with Crippen LogP contribution >= 0.6 is 0 Å². The maximum atomic E-state index is 4.45. The van der Waals surface area contributed by atoms with E-state index in [1.165, 1.54) is 18.8 Å². The molecule has 98 valence electrons. The summed E-state index contributed by atoms with van der Waals surface area (Å²) in [5.41, 5.74) is 1.18. The van der Waals surface area contributed by atoms with Gasteiger partial charge in [-0.2, -0.15) is 0 Å². The number of hydrogen-bond donors (Lipinski definition) is 0. The van der Waals surface area contributed by atoms with Crippen LogP contribution in [0.1, 0.15) is 19.0 Å². The van der Waals surface area contributed by atoms with E-state index in [1.54, 1.807) is 6.33 Å². The molecule has 2 saturated heterocycles. The number of fused-ring (bicyclic) bond motifs is 1. The molecule has 1 aromatic rings. The molecule has 4 heteroatoms. The maximum absolute atomic E-state index is 4.45. The lowest BCUT2D eigenvalue weighted by Crippen LogP contribution is -2.27. The average molecular weight is 246 g/mol. The predicted molar refractivity (Wildman–Crippen MR) is 72.7 cm³/mol. The van der Waals surface area contributed by atoms with Crippen molar-refractivity contribution in [1.82, 2.24) is 14.9 Å². The lowest BCUT2D eigenvalue weighted by molar-refractivity contribution is 0.387. The van der Waals surface area contributed by atoms with Gasteiger partial charge in [0.05, 0.1) is 0 Å². The Morgan fingerprint density at radius 3 is 2.56 bits per heavy atom. The van der Waals surface area contributed by atoms with E-state index in [0.29, 0.717) is 0 Å². The Morgan fingerprint density at radius 2 is 1.89 bits per heavy atom. The number of hydrogen-bond acceptors (Lipinski definition) is 4. The van der Waals surface area contributed by atoms with Gasteiger partial charge in [-0.1, -0.05) is 13.3 Å². The Hall–Kier alpha value is -1.16. The Bertz CT molecular complexity index is 406. The Kier molecular flexibility index (Phi) is 3.20. The molecule has 4 nitrogen and oxygen atoms in total. The van der Waals surface area contributed by atoms with Gasteiger partial charge in [0.2, 0.25) is 0 Å². The minimum atomic E-state index is 0.833. The quantitative estimate of drug-likeness (QED) is 0.807. The summed E-state index contributed by atoms with van der Waals surface area (Å²) in [6.07, 6.45) is 3.92. The highest BCUT2D eigenvalue weighted by atomic mass is 15.3. The van der Waals surface area contributed by atoms with Gasteiger partial charge in [0.1, 0.15) is 12.1 Å². The predicted octanol–water partition coefficient (Wildman–Crippen LogP) is 1.43. The minimum Gasteiger partial charge on any atom is -0.356 e. The molecule has 0 spiro atoms. The molecule has 2 fully saturated rings. The monoisotopic (exact) mass is 246 g/mol. The molecular formula is C14H22N4. The number of anilines is 1. The molecule has 0 bridgehead atoms. The molecule has 2 aliphatic rings. The lowest BCUT2D eigenvalue weighted by atomic mass is 10.0. The van der Waals surface area contributed by atoms with Crippen molar-refractivity contribution in [2.24, 2.45) is 11.8 Å². The van der Waals surface area contributed by atoms with E-state index in [2.05, 4.69) is 39.8 Å². The molecule has 0 N–H and O–H groups in total. The van der Waals surface area contributed by atoms with Crippen molar-refractivity contribution >= 4 is 5.82 Å². The first-order chi connectivity index (χ1) is 8.76. The number of aryl methyl sites for hydroxylation is 1. The van der Waals surface area contributed by atoms with Crippen molar-refractivity contribution in [3.05, 3.63) is 18.1 Å². The van der Waals surface area contributed by atoms with Crippen LogP contribution in [0.2, 0.25) is 0 Å². The van der Waals surface area contributed by atoms with Gasteiger partial charge in [0.25, 0.3) is 0 Å². The molecule has 1 aromatic heterocycles. The molecule has 0 saturated carbocycles. The van der Waals surface area contributed by atoms with E-state index >= 15 is 0 Å². The van der Waals surface area contributed by atoms with Gasteiger partial charge in [-0.3, -0.25) is 0 Å². The van der Waals surface area contributed by atoms with E-state index in [4.69, 9.17) is 0 Å². The number of rotatable bonds is 3. The summed E-state index contributed by atoms with van der Waals surface area (Å²) in [7, 11) is 2.23. The van der Waals surface area contributed by atoms with Crippen LogP contribution < -0.4 is 4.90 Å². The van der Waals surface area contributed by atoms with Gasteiger partial charge < -0.3 is 9.80 Å². The second kappa shape index (κ2) is 4.84. The van der Waals surface area contributed by atoms with Crippen molar-refractivity contribution in [3.63, 3.8) is 0 Å². The Labute approximate surface area is 109 Å². The third kappa shape index (κ3) is 2.21. The summed E-state index contributed by atoms with van der Waals surface area (Å²) in [5.74, 6) is 2.80. The van der Waals surface area contributed by atoms with Crippen LogP contribution in [0.5, 0.6) is 0 Å². The third-order valence-corrected chi connectivity index (χ3v) is 4.21. The van der Waals surface area contributed by atoms with E-state index in [-0.39, 0.29) is 0 Å². The Morgan fingerprint density at radius 1 is 1.17 bits per heavy atom. The van der Waals surface area contributed by atoms with Crippen molar-refractivity contribution in [2.45, 2.75) is 19.8 Å². The first kappa shape index (κ1) is 11.9. The lowest BCUT2D eigenvalue weighted by Gasteiger charge is -2.20. The van der Waals surface area contributed by atoms with Crippen LogP contribution in [0.4, 0.5) is 5.82 Å². The first-order valence-corrected chi connectivity index (χ1v) is 7.00. The van der Waals surface area contributed by atoms with E-state index in [1.807, 2.05) is 0 Å². The molecule has 3 rings (SSSR count). The number of likely N-dealkylation sites (tertiary alicyclic amines) is 1. The molecule has 0 unspecified atom stereocenters. The molecule has 2 atom stereocenters. The van der Waals surface area contributed by atoms with Gasteiger partial charge in [0, 0.05) is 37.9 Å². The maximum Gasteiger partial charge on any atom is 0.132 e. The SMILES string of the molecule is CCCc1cc(N2C[C@H]3CN(C)C[C@H]3C2)ncn1. The fourth-order valence-corrected chi connectivity index (χ4v) is 3.37. The summed E-state index contributed by atoms with van der Waals surface area (Å²) in [6.45, 7) is 7.01. The van der Waals surface area contributed by atoms with Gasteiger partial charge in [-0.25, -0.2) is 9.97 Å². The first-order valence-electron chi connectivity index (χ1n) is 7.00. The molecule has 0 radical (unpaired) electrons. The van der Waals surface area contributed by atoms with Crippen molar-refractivity contribution in [3.8, 4) is 0 Å². The fourth-order valence-electron chi connectivity index (χ4n) is 3.37. The van der Waals surface area contributed by atoms with Gasteiger partial charge in [0.15, 0.2) is 0 Å². The van der Waals surface area contributed by atoms with Crippen LogP contribution in [0, 0.1) is 11.8 Å². The van der Waals surface area contributed by atoms with Crippen LogP contribution in [0.3, 0.4) is 0 Å². The van der Waals surface area contributed by atoms with Crippen LogP contribution in [-0.2, 0) is 6.42 Å². The molecule has 3 heterocycles. The van der Waals surface area contributed by atoms with Gasteiger partial charge >= 0.3 is 0 Å². The zero-order valence-electron chi connectivity index (χ0n) is 11.3. The molecular weight excluding hydrogens is 224 g/mol. The molecule has 0 aromatic carbocycles. The smallest absolute Gasteiger partial charge is 0.132 e. The largest absolute Gasteiger partial charge is 0.356 e. The average Bonchev–Trinajstić information content (AvgIpc) is 2.87. The highest BCUT2D eigenvalue weighted by molar-refractivity contribution is 5.41. The zero-order chi connectivity index (χ0) is 12.5. The van der Waals surface area contributed by atoms with E-state index in [9.17, 15) is 0 Å². The summed E-state index contributed by atoms with van der Waals surface area (Å²) in [6, 6.07) is 2.17. The summed E-state index contributed by atoms with van der Waals surface area (Å²) in [4.78, 5) is 13.7.